The fourth-order valence-corrected chi connectivity index (χ4v) is 3.03. The number of hydrogen-bond donors (Lipinski definition) is 1. The third kappa shape index (κ3) is 3.27. The molecule has 124 valence electrons. The highest BCUT2D eigenvalue weighted by Gasteiger charge is 2.37. The molecule has 1 saturated heterocycles. The van der Waals surface area contributed by atoms with E-state index >= 15 is 0 Å². The van der Waals surface area contributed by atoms with E-state index in [0.717, 1.165) is 12.8 Å². The van der Waals surface area contributed by atoms with Gasteiger partial charge in [0.25, 0.3) is 0 Å². The molecule has 1 unspecified atom stereocenters. The first kappa shape index (κ1) is 16.1. The van der Waals surface area contributed by atoms with Gasteiger partial charge in [0.2, 0.25) is 5.91 Å². The second kappa shape index (κ2) is 6.35. The van der Waals surface area contributed by atoms with Crippen LogP contribution >= 0.6 is 11.6 Å². The second-order valence-corrected chi connectivity index (χ2v) is 6.30. The van der Waals surface area contributed by atoms with Crippen molar-refractivity contribution in [2.75, 3.05) is 18.0 Å². The van der Waals surface area contributed by atoms with E-state index in [4.69, 9.17) is 11.6 Å². The van der Waals surface area contributed by atoms with Crippen LogP contribution in [0.2, 0.25) is 5.02 Å². The van der Waals surface area contributed by atoms with Crippen molar-refractivity contribution >= 4 is 29.2 Å². The molecule has 5 nitrogen and oxygen atoms in total. The van der Waals surface area contributed by atoms with Gasteiger partial charge in [-0.25, -0.2) is 9.18 Å². The zero-order valence-corrected chi connectivity index (χ0v) is 13.6. The van der Waals surface area contributed by atoms with Crippen LogP contribution in [0.5, 0.6) is 0 Å². The summed E-state index contributed by atoms with van der Waals surface area (Å²) in [5, 5.41) is 2.82. The molecule has 0 aromatic heterocycles. The highest BCUT2D eigenvalue weighted by molar-refractivity contribution is 6.30. The number of halogens is 2. The summed E-state index contributed by atoms with van der Waals surface area (Å²) in [4.78, 5) is 28.0. The van der Waals surface area contributed by atoms with Crippen molar-refractivity contribution in [1.29, 1.82) is 0 Å². The maximum absolute atomic E-state index is 13.6. The standard InChI is InChI=1S/C16H19ClFN3O2/c1-2-20(10-3-4-10)16(23)19-14-7-8-21(15(14)22)11-5-6-12(17)13(18)9-11/h5-6,9-10,14H,2-4,7-8H2,1H3,(H,19,23). The van der Waals surface area contributed by atoms with Crippen LogP contribution in [0.3, 0.4) is 0 Å². The normalized spacial score (nSPS) is 20.7. The van der Waals surface area contributed by atoms with E-state index in [1.807, 2.05) is 6.92 Å². The molecular formula is C16H19ClFN3O2. The molecule has 1 N–H and O–H groups in total. The van der Waals surface area contributed by atoms with Crippen molar-refractivity contribution in [3.05, 3.63) is 29.0 Å². The van der Waals surface area contributed by atoms with Crippen molar-refractivity contribution in [1.82, 2.24) is 10.2 Å². The van der Waals surface area contributed by atoms with Crippen LogP contribution in [0, 0.1) is 5.82 Å². The first-order chi connectivity index (χ1) is 11.0. The molecule has 1 heterocycles. The minimum absolute atomic E-state index is 0.0215. The SMILES string of the molecule is CCN(C(=O)NC1CCN(c2ccc(Cl)c(F)c2)C1=O)C1CC1. The topological polar surface area (TPSA) is 52.7 Å². The van der Waals surface area contributed by atoms with E-state index in [9.17, 15) is 14.0 Å². The lowest BCUT2D eigenvalue weighted by atomic mass is 10.2. The molecule has 0 radical (unpaired) electrons. The van der Waals surface area contributed by atoms with E-state index < -0.39 is 11.9 Å². The van der Waals surface area contributed by atoms with Crippen LogP contribution in [0.15, 0.2) is 18.2 Å². The predicted octanol–water partition coefficient (Wildman–Crippen LogP) is 2.78. The predicted molar refractivity (Wildman–Crippen MR) is 86.1 cm³/mol. The molecule has 1 aromatic rings. The van der Waals surface area contributed by atoms with E-state index in [1.165, 1.54) is 17.0 Å². The fraction of sp³-hybridized carbons (Fsp3) is 0.500. The molecule has 3 rings (SSSR count). The third-order valence-corrected chi connectivity index (χ3v) is 4.61. The van der Waals surface area contributed by atoms with Crippen LogP contribution < -0.4 is 10.2 Å². The summed E-state index contributed by atoms with van der Waals surface area (Å²) < 4.78 is 13.6. The Morgan fingerprint density at radius 1 is 1.43 bits per heavy atom. The Kier molecular flexibility index (Phi) is 4.43. The summed E-state index contributed by atoms with van der Waals surface area (Å²) in [6, 6.07) is 3.82. The molecule has 0 bridgehead atoms. The van der Waals surface area contributed by atoms with Gasteiger partial charge in [-0.2, -0.15) is 0 Å². The molecule has 0 spiro atoms. The number of carbonyl (C=O) groups is 2. The largest absolute Gasteiger partial charge is 0.326 e. The van der Waals surface area contributed by atoms with Gasteiger partial charge in [0, 0.05) is 24.8 Å². The number of nitrogens with zero attached hydrogens (tertiary/aromatic N) is 2. The van der Waals surface area contributed by atoms with E-state index in [0.29, 0.717) is 31.2 Å². The molecule has 7 heteroatoms. The number of carbonyl (C=O) groups excluding carboxylic acids is 2. The second-order valence-electron chi connectivity index (χ2n) is 5.90. The van der Waals surface area contributed by atoms with Gasteiger partial charge in [-0.15, -0.1) is 0 Å². The highest BCUT2D eigenvalue weighted by atomic mass is 35.5. The van der Waals surface area contributed by atoms with Gasteiger partial charge in [-0.05, 0) is 44.4 Å². The lowest BCUT2D eigenvalue weighted by molar-refractivity contribution is -0.118. The quantitative estimate of drug-likeness (QED) is 0.917. The van der Waals surface area contributed by atoms with Crippen LogP contribution in [0.1, 0.15) is 26.2 Å². The smallest absolute Gasteiger partial charge is 0.318 e. The molecule has 1 aromatic carbocycles. The van der Waals surface area contributed by atoms with Crippen molar-refractivity contribution in [2.24, 2.45) is 0 Å². The molecule has 3 amide bonds. The van der Waals surface area contributed by atoms with Crippen LogP contribution in [0.25, 0.3) is 0 Å². The lowest BCUT2D eigenvalue weighted by Gasteiger charge is -2.23. The summed E-state index contributed by atoms with van der Waals surface area (Å²) >= 11 is 5.67. The van der Waals surface area contributed by atoms with Crippen molar-refractivity contribution in [2.45, 2.75) is 38.3 Å². The first-order valence-corrected chi connectivity index (χ1v) is 8.22. The van der Waals surface area contributed by atoms with Crippen LogP contribution in [-0.2, 0) is 4.79 Å². The number of amides is 3. The molecule has 1 atom stereocenters. The summed E-state index contributed by atoms with van der Waals surface area (Å²) in [7, 11) is 0. The number of rotatable bonds is 4. The molecular weight excluding hydrogens is 321 g/mol. The van der Waals surface area contributed by atoms with E-state index in [-0.39, 0.29) is 17.0 Å². The average molecular weight is 340 g/mol. The number of nitrogens with one attached hydrogen (secondary N) is 1. The highest BCUT2D eigenvalue weighted by Crippen LogP contribution is 2.28. The minimum Gasteiger partial charge on any atom is -0.326 e. The number of hydrogen-bond acceptors (Lipinski definition) is 2. The van der Waals surface area contributed by atoms with Crippen LogP contribution in [0.4, 0.5) is 14.9 Å². The Labute approximate surface area is 139 Å². The van der Waals surface area contributed by atoms with Gasteiger partial charge >= 0.3 is 6.03 Å². The van der Waals surface area contributed by atoms with Gasteiger partial charge in [-0.3, -0.25) is 4.79 Å². The maximum atomic E-state index is 13.6. The molecule has 2 aliphatic rings. The van der Waals surface area contributed by atoms with Gasteiger partial charge < -0.3 is 15.1 Å². The van der Waals surface area contributed by atoms with Gasteiger partial charge in [0.05, 0.1) is 5.02 Å². The molecule has 1 aliphatic heterocycles. The number of anilines is 1. The molecule has 2 fully saturated rings. The molecule has 1 saturated carbocycles. The van der Waals surface area contributed by atoms with Crippen molar-refractivity contribution < 1.29 is 14.0 Å². The van der Waals surface area contributed by atoms with Crippen LogP contribution in [-0.4, -0.2) is 42.0 Å². The average Bonchev–Trinajstić information content (AvgIpc) is 3.29. The van der Waals surface area contributed by atoms with Crippen molar-refractivity contribution in [3.63, 3.8) is 0 Å². The maximum Gasteiger partial charge on any atom is 0.318 e. The molecule has 1 aliphatic carbocycles. The Bertz CT molecular complexity index is 636. The lowest BCUT2D eigenvalue weighted by Crippen LogP contribution is -2.48. The van der Waals surface area contributed by atoms with E-state index in [2.05, 4.69) is 5.32 Å². The number of urea groups is 1. The molecule has 23 heavy (non-hydrogen) atoms. The van der Waals surface area contributed by atoms with E-state index in [1.54, 1.807) is 11.0 Å². The zero-order chi connectivity index (χ0) is 16.6. The monoisotopic (exact) mass is 339 g/mol. The summed E-state index contributed by atoms with van der Waals surface area (Å²) in [6.07, 6.45) is 2.56. The van der Waals surface area contributed by atoms with Gasteiger partial charge in [0.15, 0.2) is 0 Å². The van der Waals surface area contributed by atoms with Gasteiger partial charge in [-0.1, -0.05) is 11.6 Å². The minimum atomic E-state index is -0.561. The zero-order valence-electron chi connectivity index (χ0n) is 12.9. The summed E-state index contributed by atoms with van der Waals surface area (Å²) in [5.74, 6) is -0.776. The fourth-order valence-electron chi connectivity index (χ4n) is 2.91. The van der Waals surface area contributed by atoms with Crippen molar-refractivity contribution in [3.8, 4) is 0 Å². The number of benzene rings is 1. The summed E-state index contributed by atoms with van der Waals surface area (Å²) in [5.41, 5.74) is 0.461. The Balaban J connectivity index is 1.66. The van der Waals surface area contributed by atoms with Gasteiger partial charge in [0.1, 0.15) is 11.9 Å². The Morgan fingerprint density at radius 2 is 2.17 bits per heavy atom. The summed E-state index contributed by atoms with van der Waals surface area (Å²) in [6.45, 7) is 3.00. The Morgan fingerprint density at radius 3 is 2.78 bits per heavy atom. The Hall–Kier alpha value is -1.82. The first-order valence-electron chi connectivity index (χ1n) is 7.84. The third-order valence-electron chi connectivity index (χ3n) is 4.31.